The van der Waals surface area contributed by atoms with Crippen molar-refractivity contribution < 1.29 is 9.47 Å². The van der Waals surface area contributed by atoms with E-state index in [0.717, 1.165) is 35.4 Å². The van der Waals surface area contributed by atoms with Gasteiger partial charge in [0, 0.05) is 31.3 Å². The summed E-state index contributed by atoms with van der Waals surface area (Å²) >= 11 is 0. The first kappa shape index (κ1) is 15.7. The van der Waals surface area contributed by atoms with E-state index >= 15 is 0 Å². The molecule has 2 rings (SSSR count). The van der Waals surface area contributed by atoms with Gasteiger partial charge in [-0.15, -0.1) is 0 Å². The average molecular weight is 288 g/mol. The topological polar surface area (TPSA) is 43.4 Å². The molecule has 0 fully saturated rings. The Morgan fingerprint density at radius 3 is 2.67 bits per heavy atom. The minimum absolute atomic E-state index is 0.411. The third-order valence-electron chi connectivity index (χ3n) is 3.51. The summed E-state index contributed by atoms with van der Waals surface area (Å²) in [5, 5.41) is 4.55. The van der Waals surface area contributed by atoms with E-state index < -0.39 is 0 Å². The molecular formula is C17H24N2O2. The maximum absolute atomic E-state index is 5.33. The van der Waals surface area contributed by atoms with Gasteiger partial charge in [-0.2, -0.15) is 0 Å². The summed E-state index contributed by atoms with van der Waals surface area (Å²) in [4.78, 5) is 4.75. The second-order valence-electron chi connectivity index (χ2n) is 5.41. The van der Waals surface area contributed by atoms with Gasteiger partial charge in [0.1, 0.15) is 5.75 Å². The lowest BCUT2D eigenvalue weighted by atomic mass is 10.0. The van der Waals surface area contributed by atoms with Gasteiger partial charge in [-0.1, -0.05) is 13.8 Å². The molecule has 0 aliphatic rings. The van der Waals surface area contributed by atoms with Gasteiger partial charge in [0.25, 0.3) is 0 Å². The van der Waals surface area contributed by atoms with Crippen LogP contribution in [-0.4, -0.2) is 32.4 Å². The highest BCUT2D eigenvalue weighted by Gasteiger charge is 2.09. The minimum atomic E-state index is 0.411. The largest absolute Gasteiger partial charge is 0.497 e. The molecule has 0 aliphatic heterocycles. The molecule has 4 nitrogen and oxygen atoms in total. The van der Waals surface area contributed by atoms with Crippen LogP contribution in [0.4, 0.5) is 0 Å². The number of aromatic nitrogens is 1. The van der Waals surface area contributed by atoms with E-state index in [1.165, 1.54) is 5.56 Å². The first-order chi connectivity index (χ1) is 10.2. The van der Waals surface area contributed by atoms with Crippen LogP contribution >= 0.6 is 0 Å². The van der Waals surface area contributed by atoms with Crippen molar-refractivity contribution in [3.05, 3.63) is 35.5 Å². The summed E-state index contributed by atoms with van der Waals surface area (Å²) in [5.74, 6) is 1.27. The SMILES string of the molecule is COCCNCc1cc(C(C)C)nc2ccc(OC)cc12. The van der Waals surface area contributed by atoms with E-state index in [1.807, 2.05) is 12.1 Å². The van der Waals surface area contributed by atoms with Gasteiger partial charge in [0.15, 0.2) is 0 Å². The van der Waals surface area contributed by atoms with Crippen LogP contribution in [0, 0.1) is 0 Å². The highest BCUT2D eigenvalue weighted by Crippen LogP contribution is 2.26. The molecule has 114 valence electrons. The number of hydrogen-bond acceptors (Lipinski definition) is 4. The van der Waals surface area contributed by atoms with Crippen LogP contribution in [0.25, 0.3) is 10.9 Å². The number of methoxy groups -OCH3 is 2. The predicted octanol–water partition coefficient (Wildman–Crippen LogP) is 3.10. The van der Waals surface area contributed by atoms with Crippen molar-refractivity contribution in [2.24, 2.45) is 0 Å². The molecule has 0 aliphatic carbocycles. The highest BCUT2D eigenvalue weighted by atomic mass is 16.5. The predicted molar refractivity (Wildman–Crippen MR) is 86.0 cm³/mol. The normalized spacial score (nSPS) is 11.3. The lowest BCUT2D eigenvalue weighted by Crippen LogP contribution is -2.19. The van der Waals surface area contributed by atoms with E-state index in [0.29, 0.717) is 12.5 Å². The molecule has 0 amide bonds. The van der Waals surface area contributed by atoms with Crippen LogP contribution in [-0.2, 0) is 11.3 Å². The third-order valence-corrected chi connectivity index (χ3v) is 3.51. The molecule has 2 aromatic rings. The van der Waals surface area contributed by atoms with E-state index in [1.54, 1.807) is 14.2 Å². The lowest BCUT2D eigenvalue weighted by molar-refractivity contribution is 0.199. The molecule has 1 aromatic heterocycles. The highest BCUT2D eigenvalue weighted by molar-refractivity contribution is 5.84. The number of rotatable bonds is 7. The van der Waals surface area contributed by atoms with Crippen molar-refractivity contribution in [2.45, 2.75) is 26.3 Å². The van der Waals surface area contributed by atoms with Crippen molar-refractivity contribution in [2.75, 3.05) is 27.4 Å². The van der Waals surface area contributed by atoms with E-state index in [9.17, 15) is 0 Å². The smallest absolute Gasteiger partial charge is 0.119 e. The molecule has 0 unspecified atom stereocenters. The molecule has 0 radical (unpaired) electrons. The molecule has 21 heavy (non-hydrogen) atoms. The molecule has 1 aromatic carbocycles. The molecule has 4 heteroatoms. The van der Waals surface area contributed by atoms with Crippen LogP contribution < -0.4 is 10.1 Å². The number of benzene rings is 1. The fourth-order valence-electron chi connectivity index (χ4n) is 2.26. The third kappa shape index (κ3) is 3.93. The zero-order chi connectivity index (χ0) is 15.2. The summed E-state index contributed by atoms with van der Waals surface area (Å²) in [6.45, 7) is 6.68. The zero-order valence-electron chi connectivity index (χ0n) is 13.3. The standard InChI is InChI=1S/C17H24N2O2/c1-12(2)17-9-13(11-18-7-8-20-3)15-10-14(21-4)5-6-16(15)19-17/h5-6,9-10,12,18H,7-8,11H2,1-4H3. The molecule has 1 heterocycles. The Kier molecular flexibility index (Phi) is 5.53. The van der Waals surface area contributed by atoms with Gasteiger partial charge in [0.05, 0.1) is 19.2 Å². The number of pyridine rings is 1. The Labute approximate surface area is 126 Å². The van der Waals surface area contributed by atoms with E-state index in [4.69, 9.17) is 14.5 Å². The first-order valence-corrected chi connectivity index (χ1v) is 7.33. The number of fused-ring (bicyclic) bond motifs is 1. The number of nitrogens with one attached hydrogen (secondary N) is 1. The molecule has 0 atom stereocenters. The summed E-state index contributed by atoms with van der Waals surface area (Å²) in [6, 6.07) is 8.23. The van der Waals surface area contributed by atoms with Crippen LogP contribution in [0.1, 0.15) is 31.0 Å². The summed E-state index contributed by atoms with van der Waals surface area (Å²) in [5.41, 5.74) is 3.39. The van der Waals surface area contributed by atoms with Crippen molar-refractivity contribution in [3.8, 4) is 5.75 Å². The van der Waals surface area contributed by atoms with Gasteiger partial charge >= 0.3 is 0 Å². The maximum atomic E-state index is 5.33. The Hall–Kier alpha value is -1.65. The Balaban J connectivity index is 2.37. The van der Waals surface area contributed by atoms with Gasteiger partial charge < -0.3 is 14.8 Å². The molecule has 0 spiro atoms. The Morgan fingerprint density at radius 2 is 2.00 bits per heavy atom. The van der Waals surface area contributed by atoms with Crippen LogP contribution in [0.15, 0.2) is 24.3 Å². The second kappa shape index (κ2) is 7.38. The summed E-state index contributed by atoms with van der Waals surface area (Å²) in [7, 11) is 3.40. The number of nitrogens with zero attached hydrogens (tertiary/aromatic N) is 1. The second-order valence-corrected chi connectivity index (χ2v) is 5.41. The molecule has 0 saturated carbocycles. The van der Waals surface area contributed by atoms with Crippen LogP contribution in [0.3, 0.4) is 0 Å². The van der Waals surface area contributed by atoms with Crippen molar-refractivity contribution in [1.29, 1.82) is 0 Å². The van der Waals surface area contributed by atoms with Gasteiger partial charge in [-0.25, -0.2) is 0 Å². The van der Waals surface area contributed by atoms with Crippen molar-refractivity contribution in [3.63, 3.8) is 0 Å². The quantitative estimate of drug-likeness (QED) is 0.795. The van der Waals surface area contributed by atoms with E-state index in [-0.39, 0.29) is 0 Å². The molecule has 0 bridgehead atoms. The van der Waals surface area contributed by atoms with Crippen molar-refractivity contribution in [1.82, 2.24) is 10.3 Å². The van der Waals surface area contributed by atoms with Crippen LogP contribution in [0.5, 0.6) is 5.75 Å². The molecule has 1 N–H and O–H groups in total. The fourth-order valence-corrected chi connectivity index (χ4v) is 2.26. The summed E-state index contributed by atoms with van der Waals surface area (Å²) in [6.07, 6.45) is 0. The van der Waals surface area contributed by atoms with Crippen LogP contribution in [0.2, 0.25) is 0 Å². The molecule has 0 saturated heterocycles. The number of hydrogen-bond donors (Lipinski definition) is 1. The van der Waals surface area contributed by atoms with Gasteiger partial charge in [-0.3, -0.25) is 4.98 Å². The molecular weight excluding hydrogens is 264 g/mol. The first-order valence-electron chi connectivity index (χ1n) is 7.33. The number of ether oxygens (including phenoxy) is 2. The monoisotopic (exact) mass is 288 g/mol. The lowest BCUT2D eigenvalue weighted by Gasteiger charge is -2.13. The zero-order valence-corrected chi connectivity index (χ0v) is 13.3. The summed E-state index contributed by atoms with van der Waals surface area (Å²) < 4.78 is 10.4. The van der Waals surface area contributed by atoms with Crippen molar-refractivity contribution >= 4 is 10.9 Å². The average Bonchev–Trinajstić information content (AvgIpc) is 2.50. The Morgan fingerprint density at radius 1 is 1.19 bits per heavy atom. The van der Waals surface area contributed by atoms with E-state index in [2.05, 4.69) is 31.3 Å². The van der Waals surface area contributed by atoms with Gasteiger partial charge in [0.2, 0.25) is 0 Å². The Bertz CT molecular complexity index is 597. The minimum Gasteiger partial charge on any atom is -0.497 e. The van der Waals surface area contributed by atoms with Gasteiger partial charge in [-0.05, 0) is 35.7 Å². The fraction of sp³-hybridized carbons (Fsp3) is 0.471. The maximum Gasteiger partial charge on any atom is 0.119 e.